The number of nitrogens with two attached hydrogens (primary N) is 4. The van der Waals surface area contributed by atoms with Crippen LogP contribution in [0.2, 0.25) is 0 Å². The number of allylic oxidation sites excluding steroid dienone is 4. The summed E-state index contributed by atoms with van der Waals surface area (Å²) in [7, 11) is 0. The maximum absolute atomic E-state index is 6.24. The zero-order valence-electron chi connectivity index (χ0n) is 16.1. The van der Waals surface area contributed by atoms with E-state index in [1.165, 1.54) is 33.4 Å². The number of fused-ring (bicyclic) bond motifs is 4. The molecule has 1 spiro atoms. The first-order valence-corrected chi connectivity index (χ1v) is 9.69. The van der Waals surface area contributed by atoms with Gasteiger partial charge in [0.1, 0.15) is 0 Å². The van der Waals surface area contributed by atoms with Crippen LogP contribution in [-0.2, 0) is 5.41 Å². The molecule has 0 aliphatic heterocycles. The Kier molecular flexibility index (Phi) is 3.95. The number of benzene rings is 2. The van der Waals surface area contributed by atoms with Gasteiger partial charge in [-0.2, -0.15) is 0 Å². The molecule has 0 amide bonds. The molecule has 0 aromatic heterocycles. The van der Waals surface area contributed by atoms with Gasteiger partial charge >= 0.3 is 0 Å². The fraction of sp³-hybridized carbons (Fsp3) is 0.304. The molecule has 4 rings (SSSR count). The van der Waals surface area contributed by atoms with Gasteiger partial charge in [0.2, 0.25) is 0 Å². The van der Waals surface area contributed by atoms with E-state index in [1.807, 2.05) is 12.1 Å². The van der Waals surface area contributed by atoms with Crippen LogP contribution in [0.25, 0.3) is 11.1 Å². The molecule has 2 aromatic rings. The van der Waals surface area contributed by atoms with E-state index in [9.17, 15) is 0 Å². The average Bonchev–Trinajstić information content (AvgIpc) is 2.65. The molecule has 0 saturated carbocycles. The first-order chi connectivity index (χ1) is 12.9. The molecule has 0 saturated heterocycles. The van der Waals surface area contributed by atoms with Crippen LogP contribution in [0.5, 0.6) is 0 Å². The molecule has 8 N–H and O–H groups in total. The smallest absolute Gasteiger partial charge is 0.0554 e. The van der Waals surface area contributed by atoms with Crippen molar-refractivity contribution in [3.8, 4) is 0 Å². The Balaban J connectivity index is 2.04. The molecular formula is C23H28N4. The van der Waals surface area contributed by atoms with Crippen LogP contribution >= 0.6 is 0 Å². The standard InChI is InChI=1S/C23H28N4/c1-3-13-5-7-23(17-11-21(26)19(24)9-15(13)17)8-6-14(4-2)16-10-20(25)22(27)12-18(16)23/h5-6,9-12H,3-4,7-8,24-27H2,1-2H3. The molecule has 2 aromatic carbocycles. The van der Waals surface area contributed by atoms with Crippen LogP contribution in [0.1, 0.15) is 61.8 Å². The third-order valence-electron chi connectivity index (χ3n) is 6.33. The van der Waals surface area contributed by atoms with E-state index in [-0.39, 0.29) is 5.41 Å². The molecule has 0 fully saturated rings. The summed E-state index contributed by atoms with van der Waals surface area (Å²) in [5.74, 6) is 0. The summed E-state index contributed by atoms with van der Waals surface area (Å²) in [4.78, 5) is 0. The molecule has 2 aliphatic rings. The summed E-state index contributed by atoms with van der Waals surface area (Å²) in [5.41, 5.74) is 34.8. The zero-order chi connectivity index (χ0) is 19.3. The van der Waals surface area contributed by atoms with Gasteiger partial charge in [-0.05, 0) is 83.3 Å². The molecule has 0 bridgehead atoms. The first kappa shape index (κ1) is 17.5. The lowest BCUT2D eigenvalue weighted by atomic mass is 9.60. The Hall–Kier alpha value is -2.88. The summed E-state index contributed by atoms with van der Waals surface area (Å²) in [6.45, 7) is 4.37. The van der Waals surface area contributed by atoms with Gasteiger partial charge < -0.3 is 22.9 Å². The van der Waals surface area contributed by atoms with E-state index in [0.717, 1.165) is 25.7 Å². The summed E-state index contributed by atoms with van der Waals surface area (Å²) in [6.07, 6.45) is 8.52. The Morgan fingerprint density at radius 1 is 0.667 bits per heavy atom. The van der Waals surface area contributed by atoms with Crippen LogP contribution in [0.15, 0.2) is 36.4 Å². The van der Waals surface area contributed by atoms with Crippen molar-refractivity contribution in [3.05, 3.63) is 58.7 Å². The van der Waals surface area contributed by atoms with E-state index in [4.69, 9.17) is 22.9 Å². The third-order valence-corrected chi connectivity index (χ3v) is 6.33. The average molecular weight is 361 g/mol. The number of anilines is 4. The molecule has 2 aliphatic carbocycles. The highest BCUT2D eigenvalue weighted by molar-refractivity contribution is 5.85. The van der Waals surface area contributed by atoms with Crippen molar-refractivity contribution in [3.63, 3.8) is 0 Å². The van der Waals surface area contributed by atoms with Crippen LogP contribution in [0.3, 0.4) is 0 Å². The third kappa shape index (κ3) is 2.43. The highest BCUT2D eigenvalue weighted by atomic mass is 14.7. The van der Waals surface area contributed by atoms with Crippen LogP contribution in [-0.4, -0.2) is 0 Å². The second kappa shape index (κ2) is 6.08. The van der Waals surface area contributed by atoms with Crippen molar-refractivity contribution in [2.45, 2.75) is 44.9 Å². The topological polar surface area (TPSA) is 104 Å². The van der Waals surface area contributed by atoms with Crippen LogP contribution in [0.4, 0.5) is 22.7 Å². The molecule has 27 heavy (non-hydrogen) atoms. The Morgan fingerprint density at radius 3 is 1.41 bits per heavy atom. The van der Waals surface area contributed by atoms with Crippen LogP contribution < -0.4 is 22.9 Å². The van der Waals surface area contributed by atoms with Crippen molar-refractivity contribution in [1.82, 2.24) is 0 Å². The molecular weight excluding hydrogens is 332 g/mol. The van der Waals surface area contributed by atoms with Gasteiger partial charge in [-0.25, -0.2) is 0 Å². The normalized spacial score (nSPS) is 17.1. The minimum atomic E-state index is -0.175. The maximum Gasteiger partial charge on any atom is 0.0554 e. The van der Waals surface area contributed by atoms with E-state index in [0.29, 0.717) is 22.7 Å². The SMILES string of the molecule is CCC1=CCC2(CC=C(CC)c3cc(N)c(N)cc32)c2cc(N)c(N)cc21. The van der Waals surface area contributed by atoms with Gasteiger partial charge in [-0.3, -0.25) is 0 Å². The number of nitrogen functional groups attached to an aromatic ring is 4. The molecule has 140 valence electrons. The second-order valence-electron chi connectivity index (χ2n) is 7.71. The summed E-state index contributed by atoms with van der Waals surface area (Å²) >= 11 is 0. The number of hydrogen-bond donors (Lipinski definition) is 4. The van der Waals surface area contributed by atoms with E-state index >= 15 is 0 Å². The number of hydrogen-bond acceptors (Lipinski definition) is 4. The largest absolute Gasteiger partial charge is 0.397 e. The van der Waals surface area contributed by atoms with Gasteiger partial charge in [0, 0.05) is 5.41 Å². The monoisotopic (exact) mass is 360 g/mol. The van der Waals surface area contributed by atoms with E-state index in [1.54, 1.807) is 0 Å². The van der Waals surface area contributed by atoms with Crippen molar-refractivity contribution >= 4 is 33.9 Å². The van der Waals surface area contributed by atoms with Crippen LogP contribution in [0, 0.1) is 0 Å². The lowest BCUT2D eigenvalue weighted by Crippen LogP contribution is -2.34. The van der Waals surface area contributed by atoms with Crippen molar-refractivity contribution in [2.75, 3.05) is 22.9 Å². The van der Waals surface area contributed by atoms with Gasteiger partial charge in [0.15, 0.2) is 0 Å². The van der Waals surface area contributed by atoms with Gasteiger partial charge in [0.25, 0.3) is 0 Å². The molecule has 0 radical (unpaired) electrons. The van der Waals surface area contributed by atoms with E-state index in [2.05, 4.69) is 38.1 Å². The summed E-state index contributed by atoms with van der Waals surface area (Å²) in [6, 6.07) is 8.24. The lowest BCUT2D eigenvalue weighted by Gasteiger charge is -2.43. The predicted molar refractivity (Wildman–Crippen MR) is 117 cm³/mol. The van der Waals surface area contributed by atoms with Crippen molar-refractivity contribution in [2.24, 2.45) is 0 Å². The van der Waals surface area contributed by atoms with Gasteiger partial charge in [-0.1, -0.05) is 26.0 Å². The Labute approximate surface area is 160 Å². The van der Waals surface area contributed by atoms with E-state index < -0.39 is 0 Å². The zero-order valence-corrected chi connectivity index (χ0v) is 16.1. The highest BCUT2D eigenvalue weighted by Gasteiger charge is 2.41. The number of rotatable bonds is 2. The summed E-state index contributed by atoms with van der Waals surface area (Å²) < 4.78 is 0. The quantitative estimate of drug-likeness (QED) is 0.583. The summed E-state index contributed by atoms with van der Waals surface area (Å²) in [5, 5.41) is 0. The Bertz CT molecular complexity index is 916. The molecule has 0 atom stereocenters. The van der Waals surface area contributed by atoms with Crippen molar-refractivity contribution in [1.29, 1.82) is 0 Å². The van der Waals surface area contributed by atoms with Gasteiger partial charge in [0.05, 0.1) is 22.7 Å². The fourth-order valence-corrected chi connectivity index (χ4v) is 4.74. The molecule has 0 unspecified atom stereocenters. The molecule has 0 heterocycles. The fourth-order valence-electron chi connectivity index (χ4n) is 4.74. The van der Waals surface area contributed by atoms with Gasteiger partial charge in [-0.15, -0.1) is 0 Å². The molecule has 4 heteroatoms. The first-order valence-electron chi connectivity index (χ1n) is 9.69. The minimum absolute atomic E-state index is 0.175. The second-order valence-corrected chi connectivity index (χ2v) is 7.71. The lowest BCUT2D eigenvalue weighted by molar-refractivity contribution is 0.514. The Morgan fingerprint density at radius 2 is 1.04 bits per heavy atom. The van der Waals surface area contributed by atoms with Crippen molar-refractivity contribution < 1.29 is 0 Å². The predicted octanol–water partition coefficient (Wildman–Crippen LogP) is 4.70. The maximum atomic E-state index is 6.24. The molecule has 4 nitrogen and oxygen atoms in total. The minimum Gasteiger partial charge on any atom is -0.397 e. The highest BCUT2D eigenvalue weighted by Crippen LogP contribution is 2.53.